The zero-order valence-electron chi connectivity index (χ0n) is 13.0. The minimum atomic E-state index is -0.533. The zero-order chi connectivity index (χ0) is 16.1. The molecule has 9 heteroatoms. The van der Waals surface area contributed by atoms with Gasteiger partial charge in [0.25, 0.3) is 5.91 Å². The highest BCUT2D eigenvalue weighted by Gasteiger charge is 2.23. The molecule has 128 valence electrons. The number of nitro benzene ring substituents is 1. The van der Waals surface area contributed by atoms with Gasteiger partial charge in [-0.05, 0) is 19.0 Å². The first kappa shape index (κ1) is 19.0. The van der Waals surface area contributed by atoms with Gasteiger partial charge in [0.05, 0.1) is 12.0 Å². The molecule has 0 aromatic heterocycles. The summed E-state index contributed by atoms with van der Waals surface area (Å²) in [6.07, 6.45) is 0.924. The fourth-order valence-electron chi connectivity index (χ4n) is 2.32. The van der Waals surface area contributed by atoms with Crippen LogP contribution in [0.2, 0.25) is 0 Å². The van der Waals surface area contributed by atoms with Gasteiger partial charge in [0.15, 0.2) is 6.61 Å². The third-order valence-electron chi connectivity index (χ3n) is 3.69. The number of nitrogens with zero attached hydrogens (tertiary/aromatic N) is 2. The average Bonchev–Trinajstić information content (AvgIpc) is 3.05. The highest BCUT2D eigenvalue weighted by atomic mass is 35.5. The molecule has 1 unspecified atom stereocenters. The van der Waals surface area contributed by atoms with E-state index in [2.05, 4.69) is 5.32 Å². The van der Waals surface area contributed by atoms with Crippen molar-refractivity contribution >= 4 is 24.0 Å². The topological polar surface area (TPSA) is 93.9 Å². The second kappa shape index (κ2) is 8.54. The van der Waals surface area contributed by atoms with E-state index in [1.807, 2.05) is 0 Å². The Morgan fingerprint density at radius 3 is 2.83 bits per heavy atom. The third kappa shape index (κ3) is 4.70. The molecule has 1 N–H and O–H groups in total. The summed E-state index contributed by atoms with van der Waals surface area (Å²) in [5.74, 6) is 0.322. The first-order chi connectivity index (χ1) is 10.5. The van der Waals surface area contributed by atoms with Gasteiger partial charge in [-0.15, -0.1) is 12.4 Å². The standard InChI is InChI=1S/C14H19N3O5.ClH/c1-16(10-5-6-15-8-10)14(18)9-22-11-3-4-12(17(19)20)13(7-11)21-2;/h3-4,7,10,15H,5-6,8-9H2,1-2H3;1H. The van der Waals surface area contributed by atoms with Gasteiger partial charge in [-0.2, -0.15) is 0 Å². The molecule has 0 radical (unpaired) electrons. The number of hydrogen-bond donors (Lipinski definition) is 1. The number of halogens is 1. The molecule has 0 spiro atoms. The molecule has 0 saturated carbocycles. The molecule has 1 heterocycles. The highest BCUT2D eigenvalue weighted by Crippen LogP contribution is 2.30. The quantitative estimate of drug-likeness (QED) is 0.615. The van der Waals surface area contributed by atoms with Crippen molar-refractivity contribution in [2.24, 2.45) is 0 Å². The van der Waals surface area contributed by atoms with E-state index < -0.39 is 4.92 Å². The van der Waals surface area contributed by atoms with Crippen molar-refractivity contribution in [1.82, 2.24) is 10.2 Å². The summed E-state index contributed by atoms with van der Waals surface area (Å²) in [5, 5.41) is 14.0. The fourth-order valence-corrected chi connectivity index (χ4v) is 2.32. The SMILES string of the molecule is COc1cc(OCC(=O)N(C)C2CCNC2)ccc1[N+](=O)[O-].Cl. The number of nitro groups is 1. The Morgan fingerprint density at radius 2 is 2.26 bits per heavy atom. The van der Waals surface area contributed by atoms with Gasteiger partial charge in [-0.25, -0.2) is 0 Å². The Balaban J connectivity index is 0.00000264. The van der Waals surface area contributed by atoms with E-state index in [0.717, 1.165) is 19.5 Å². The maximum absolute atomic E-state index is 12.1. The third-order valence-corrected chi connectivity index (χ3v) is 3.69. The molecule has 2 rings (SSSR count). The van der Waals surface area contributed by atoms with Gasteiger partial charge in [0.1, 0.15) is 5.75 Å². The second-order valence-electron chi connectivity index (χ2n) is 5.03. The summed E-state index contributed by atoms with van der Waals surface area (Å²) in [4.78, 5) is 24.0. The van der Waals surface area contributed by atoms with Crippen LogP contribution in [0.1, 0.15) is 6.42 Å². The predicted molar refractivity (Wildman–Crippen MR) is 86.4 cm³/mol. The Hall–Kier alpha value is -2.06. The summed E-state index contributed by atoms with van der Waals surface area (Å²) < 4.78 is 10.4. The molecule has 8 nitrogen and oxygen atoms in total. The van der Waals surface area contributed by atoms with Crippen LogP contribution in [0.5, 0.6) is 11.5 Å². The van der Waals surface area contributed by atoms with Crippen molar-refractivity contribution in [3.8, 4) is 11.5 Å². The molecular formula is C14H20ClN3O5. The fraction of sp³-hybridized carbons (Fsp3) is 0.500. The van der Waals surface area contributed by atoms with Crippen molar-refractivity contribution in [2.45, 2.75) is 12.5 Å². The molecule has 1 fully saturated rings. The molecular weight excluding hydrogens is 326 g/mol. The van der Waals surface area contributed by atoms with Crippen molar-refractivity contribution in [1.29, 1.82) is 0 Å². The minimum absolute atomic E-state index is 0. The first-order valence-electron chi connectivity index (χ1n) is 6.94. The number of amides is 1. The molecule has 1 aliphatic rings. The van der Waals surface area contributed by atoms with E-state index in [4.69, 9.17) is 9.47 Å². The maximum Gasteiger partial charge on any atom is 0.311 e. The summed E-state index contributed by atoms with van der Waals surface area (Å²) in [6.45, 7) is 1.57. The van der Waals surface area contributed by atoms with Crippen LogP contribution in [0.15, 0.2) is 18.2 Å². The van der Waals surface area contributed by atoms with Crippen molar-refractivity contribution in [3.05, 3.63) is 28.3 Å². The molecule has 23 heavy (non-hydrogen) atoms. The zero-order valence-corrected chi connectivity index (χ0v) is 13.8. The smallest absolute Gasteiger partial charge is 0.311 e. The number of rotatable bonds is 6. The molecule has 0 aliphatic carbocycles. The summed E-state index contributed by atoms with van der Waals surface area (Å²) in [5.41, 5.74) is -0.143. The highest BCUT2D eigenvalue weighted by molar-refractivity contribution is 5.85. The number of methoxy groups -OCH3 is 1. The molecule has 1 aliphatic heterocycles. The van der Waals surface area contributed by atoms with E-state index in [1.165, 1.54) is 25.3 Å². The van der Waals surface area contributed by atoms with Crippen LogP contribution in [0.25, 0.3) is 0 Å². The van der Waals surface area contributed by atoms with Crippen molar-refractivity contribution in [3.63, 3.8) is 0 Å². The van der Waals surface area contributed by atoms with Gasteiger partial charge >= 0.3 is 5.69 Å². The van der Waals surface area contributed by atoms with Gasteiger partial charge in [0.2, 0.25) is 5.75 Å². The predicted octanol–water partition coefficient (Wildman–Crippen LogP) is 1.22. The Labute approximate surface area is 140 Å². The monoisotopic (exact) mass is 345 g/mol. The van der Waals surface area contributed by atoms with Crippen LogP contribution in [0, 0.1) is 10.1 Å². The van der Waals surface area contributed by atoms with Gasteiger partial charge < -0.3 is 19.7 Å². The van der Waals surface area contributed by atoms with Crippen molar-refractivity contribution < 1.29 is 19.2 Å². The summed E-state index contributed by atoms with van der Waals surface area (Å²) >= 11 is 0. The summed E-state index contributed by atoms with van der Waals surface area (Å²) in [7, 11) is 3.10. The van der Waals surface area contributed by atoms with E-state index in [-0.39, 0.29) is 42.4 Å². The number of hydrogen-bond acceptors (Lipinski definition) is 6. The first-order valence-corrected chi connectivity index (χ1v) is 6.94. The lowest BCUT2D eigenvalue weighted by molar-refractivity contribution is -0.385. The Bertz CT molecular complexity index is 563. The Morgan fingerprint density at radius 1 is 1.52 bits per heavy atom. The normalized spacial score (nSPS) is 16.3. The molecule has 1 aromatic rings. The van der Waals surface area contributed by atoms with Crippen LogP contribution in [0.4, 0.5) is 5.69 Å². The van der Waals surface area contributed by atoms with E-state index in [0.29, 0.717) is 5.75 Å². The largest absolute Gasteiger partial charge is 0.490 e. The number of ether oxygens (including phenoxy) is 2. The molecule has 1 aromatic carbocycles. The van der Waals surface area contributed by atoms with E-state index in [1.54, 1.807) is 11.9 Å². The van der Waals surface area contributed by atoms with E-state index in [9.17, 15) is 14.9 Å². The minimum Gasteiger partial charge on any atom is -0.490 e. The van der Waals surface area contributed by atoms with Crippen LogP contribution >= 0.6 is 12.4 Å². The molecule has 0 bridgehead atoms. The molecule has 1 saturated heterocycles. The number of nitrogens with one attached hydrogen (secondary N) is 1. The number of carbonyl (C=O) groups excluding carboxylic acids is 1. The molecule has 1 atom stereocenters. The number of carbonyl (C=O) groups is 1. The second-order valence-corrected chi connectivity index (χ2v) is 5.03. The van der Waals surface area contributed by atoms with Crippen LogP contribution < -0.4 is 14.8 Å². The average molecular weight is 346 g/mol. The Kier molecular flexibility index (Phi) is 7.05. The lowest BCUT2D eigenvalue weighted by atomic mass is 10.2. The van der Waals surface area contributed by atoms with E-state index >= 15 is 0 Å². The maximum atomic E-state index is 12.1. The summed E-state index contributed by atoms with van der Waals surface area (Å²) in [6, 6.07) is 4.33. The lowest BCUT2D eigenvalue weighted by Crippen LogP contribution is -2.40. The number of likely N-dealkylation sites (N-methyl/N-ethyl adjacent to an activating group) is 1. The lowest BCUT2D eigenvalue weighted by Gasteiger charge is -2.23. The molecule has 1 amide bonds. The van der Waals surface area contributed by atoms with Crippen LogP contribution in [-0.4, -0.2) is 55.6 Å². The number of benzene rings is 1. The van der Waals surface area contributed by atoms with Gasteiger partial charge in [0, 0.05) is 31.8 Å². The van der Waals surface area contributed by atoms with Gasteiger partial charge in [-0.1, -0.05) is 0 Å². The van der Waals surface area contributed by atoms with Gasteiger partial charge in [-0.3, -0.25) is 14.9 Å². The van der Waals surface area contributed by atoms with Crippen LogP contribution in [-0.2, 0) is 4.79 Å². The van der Waals surface area contributed by atoms with Crippen molar-refractivity contribution in [2.75, 3.05) is 33.9 Å². The van der Waals surface area contributed by atoms with Crippen LogP contribution in [0.3, 0.4) is 0 Å².